The van der Waals surface area contributed by atoms with Crippen molar-refractivity contribution in [3.05, 3.63) is 42.1 Å². The molecule has 2 rings (SSSR count). The second-order valence-electron chi connectivity index (χ2n) is 5.55. The summed E-state index contributed by atoms with van der Waals surface area (Å²) >= 11 is 0. The third-order valence-electron chi connectivity index (χ3n) is 3.46. The molecule has 0 aliphatic rings. The average molecular weight is 298 g/mol. The van der Waals surface area contributed by atoms with E-state index in [2.05, 4.69) is 27.5 Å². The molecule has 0 amide bonds. The summed E-state index contributed by atoms with van der Waals surface area (Å²) in [5, 5.41) is 6.64. The Morgan fingerprint density at radius 3 is 2.50 bits per heavy atom. The first-order valence-electron chi connectivity index (χ1n) is 8.19. The number of anilines is 3. The third kappa shape index (κ3) is 5.72. The van der Waals surface area contributed by atoms with Crippen LogP contribution < -0.4 is 10.6 Å². The van der Waals surface area contributed by atoms with Crippen molar-refractivity contribution >= 4 is 17.5 Å². The summed E-state index contributed by atoms with van der Waals surface area (Å²) in [5.41, 5.74) is 1.99. The lowest BCUT2D eigenvalue weighted by atomic mass is 10.1. The van der Waals surface area contributed by atoms with Gasteiger partial charge in [0.1, 0.15) is 5.82 Å². The topological polar surface area (TPSA) is 49.8 Å². The molecule has 0 saturated carbocycles. The van der Waals surface area contributed by atoms with E-state index in [0.29, 0.717) is 5.95 Å². The van der Waals surface area contributed by atoms with Crippen LogP contribution in [0.2, 0.25) is 0 Å². The Morgan fingerprint density at radius 2 is 1.73 bits per heavy atom. The lowest BCUT2D eigenvalue weighted by Gasteiger charge is -2.10. The molecule has 1 aromatic carbocycles. The van der Waals surface area contributed by atoms with Crippen molar-refractivity contribution in [2.75, 3.05) is 17.2 Å². The third-order valence-corrected chi connectivity index (χ3v) is 3.46. The lowest BCUT2D eigenvalue weighted by molar-refractivity contribution is 0.644. The van der Waals surface area contributed by atoms with Crippen molar-refractivity contribution in [2.45, 2.75) is 46.0 Å². The molecule has 4 nitrogen and oxygen atoms in total. The number of aromatic nitrogens is 2. The Kier molecular flexibility index (Phi) is 6.68. The minimum atomic E-state index is 0.703. The molecule has 0 aliphatic heterocycles. The van der Waals surface area contributed by atoms with E-state index in [0.717, 1.165) is 23.7 Å². The number of nitrogens with zero attached hydrogens (tertiary/aromatic N) is 2. The Hall–Kier alpha value is -2.10. The highest BCUT2D eigenvalue weighted by molar-refractivity contribution is 5.57. The van der Waals surface area contributed by atoms with Crippen LogP contribution in [0.4, 0.5) is 17.5 Å². The van der Waals surface area contributed by atoms with Crippen molar-refractivity contribution in [2.24, 2.45) is 0 Å². The van der Waals surface area contributed by atoms with Crippen molar-refractivity contribution in [3.63, 3.8) is 0 Å². The fraction of sp³-hybridized carbons (Fsp3) is 0.444. The molecule has 1 heterocycles. The molecule has 0 atom stereocenters. The molecule has 118 valence electrons. The molecule has 0 saturated heterocycles. The summed E-state index contributed by atoms with van der Waals surface area (Å²) in [6.07, 6.45) is 6.35. The summed E-state index contributed by atoms with van der Waals surface area (Å²) in [6.45, 7) is 5.16. The summed E-state index contributed by atoms with van der Waals surface area (Å²) in [4.78, 5) is 8.98. The van der Waals surface area contributed by atoms with E-state index in [-0.39, 0.29) is 0 Å². The second-order valence-corrected chi connectivity index (χ2v) is 5.55. The number of rotatable bonds is 9. The number of hydrogen-bond donors (Lipinski definition) is 2. The Labute approximate surface area is 133 Å². The van der Waals surface area contributed by atoms with Gasteiger partial charge in [-0.15, -0.1) is 0 Å². The van der Waals surface area contributed by atoms with E-state index in [1.54, 1.807) is 0 Å². The van der Waals surface area contributed by atoms with E-state index in [1.807, 2.05) is 43.3 Å². The van der Waals surface area contributed by atoms with Gasteiger partial charge in [0, 0.05) is 24.0 Å². The molecule has 22 heavy (non-hydrogen) atoms. The molecule has 1 aromatic heterocycles. The zero-order valence-corrected chi connectivity index (χ0v) is 13.6. The van der Waals surface area contributed by atoms with E-state index >= 15 is 0 Å². The summed E-state index contributed by atoms with van der Waals surface area (Å²) in [6, 6.07) is 12.0. The molecule has 2 aromatic rings. The highest BCUT2D eigenvalue weighted by Crippen LogP contribution is 2.16. The Balaban J connectivity index is 1.87. The standard InChI is InChI=1S/C18H26N4/c1-3-4-5-6-10-13-19-18-20-15(2)14-17(22-18)21-16-11-8-7-9-12-16/h7-9,11-12,14H,3-6,10,13H2,1-2H3,(H2,19,20,21,22). The fourth-order valence-corrected chi connectivity index (χ4v) is 2.31. The molecular formula is C18H26N4. The lowest BCUT2D eigenvalue weighted by Crippen LogP contribution is -2.07. The molecule has 0 radical (unpaired) electrons. The smallest absolute Gasteiger partial charge is 0.224 e. The van der Waals surface area contributed by atoms with Gasteiger partial charge in [0.2, 0.25) is 5.95 Å². The zero-order valence-electron chi connectivity index (χ0n) is 13.6. The van der Waals surface area contributed by atoms with Crippen LogP contribution in [0, 0.1) is 6.92 Å². The van der Waals surface area contributed by atoms with Gasteiger partial charge < -0.3 is 10.6 Å². The minimum absolute atomic E-state index is 0.703. The monoisotopic (exact) mass is 298 g/mol. The predicted octanol–water partition coefficient (Wildman–Crippen LogP) is 4.91. The van der Waals surface area contributed by atoms with Crippen LogP contribution in [-0.2, 0) is 0 Å². The normalized spacial score (nSPS) is 10.5. The second kappa shape index (κ2) is 9.03. The van der Waals surface area contributed by atoms with Crippen molar-refractivity contribution in [3.8, 4) is 0 Å². The fourth-order valence-electron chi connectivity index (χ4n) is 2.31. The van der Waals surface area contributed by atoms with E-state index in [4.69, 9.17) is 0 Å². The molecule has 2 N–H and O–H groups in total. The Bertz CT molecular complexity index is 554. The van der Waals surface area contributed by atoms with Gasteiger partial charge in [0.15, 0.2) is 0 Å². The number of hydrogen-bond acceptors (Lipinski definition) is 4. The van der Waals surface area contributed by atoms with Gasteiger partial charge in [-0.2, -0.15) is 4.98 Å². The van der Waals surface area contributed by atoms with Crippen LogP contribution in [0.3, 0.4) is 0 Å². The van der Waals surface area contributed by atoms with Gasteiger partial charge in [-0.25, -0.2) is 4.98 Å². The maximum atomic E-state index is 4.53. The zero-order chi connectivity index (χ0) is 15.6. The van der Waals surface area contributed by atoms with Crippen molar-refractivity contribution < 1.29 is 0 Å². The van der Waals surface area contributed by atoms with Gasteiger partial charge >= 0.3 is 0 Å². The van der Waals surface area contributed by atoms with Crippen LogP contribution >= 0.6 is 0 Å². The van der Waals surface area contributed by atoms with E-state index in [1.165, 1.54) is 32.1 Å². The first kappa shape index (κ1) is 16.3. The van der Waals surface area contributed by atoms with Gasteiger partial charge in [-0.3, -0.25) is 0 Å². The van der Waals surface area contributed by atoms with Crippen LogP contribution in [-0.4, -0.2) is 16.5 Å². The highest BCUT2D eigenvalue weighted by atomic mass is 15.1. The van der Waals surface area contributed by atoms with Crippen molar-refractivity contribution in [1.82, 2.24) is 9.97 Å². The number of aryl methyl sites for hydroxylation is 1. The Morgan fingerprint density at radius 1 is 0.955 bits per heavy atom. The number of para-hydroxylation sites is 1. The van der Waals surface area contributed by atoms with Crippen LogP contribution in [0.1, 0.15) is 44.7 Å². The van der Waals surface area contributed by atoms with Crippen molar-refractivity contribution in [1.29, 1.82) is 0 Å². The van der Waals surface area contributed by atoms with Crippen LogP contribution in [0.15, 0.2) is 36.4 Å². The molecule has 0 spiro atoms. The number of benzene rings is 1. The van der Waals surface area contributed by atoms with Gasteiger partial charge in [-0.1, -0.05) is 50.8 Å². The quantitative estimate of drug-likeness (QED) is 0.646. The molecule has 0 bridgehead atoms. The SMILES string of the molecule is CCCCCCCNc1nc(C)cc(Nc2ccccc2)n1. The average Bonchev–Trinajstić information content (AvgIpc) is 2.51. The molecular weight excluding hydrogens is 272 g/mol. The van der Waals surface area contributed by atoms with Crippen LogP contribution in [0.25, 0.3) is 0 Å². The summed E-state index contributed by atoms with van der Waals surface area (Å²) in [7, 11) is 0. The summed E-state index contributed by atoms with van der Waals surface area (Å²) in [5.74, 6) is 1.53. The minimum Gasteiger partial charge on any atom is -0.354 e. The first-order valence-corrected chi connectivity index (χ1v) is 8.19. The van der Waals surface area contributed by atoms with Crippen LogP contribution in [0.5, 0.6) is 0 Å². The van der Waals surface area contributed by atoms with Gasteiger partial charge in [-0.05, 0) is 25.5 Å². The van der Waals surface area contributed by atoms with Gasteiger partial charge in [0.05, 0.1) is 0 Å². The largest absolute Gasteiger partial charge is 0.354 e. The molecule has 0 unspecified atom stereocenters. The predicted molar refractivity (Wildman–Crippen MR) is 93.7 cm³/mol. The van der Waals surface area contributed by atoms with E-state index in [9.17, 15) is 0 Å². The maximum Gasteiger partial charge on any atom is 0.224 e. The molecule has 0 fully saturated rings. The highest BCUT2D eigenvalue weighted by Gasteiger charge is 2.02. The first-order chi connectivity index (χ1) is 10.8. The molecule has 4 heteroatoms. The number of nitrogens with one attached hydrogen (secondary N) is 2. The van der Waals surface area contributed by atoms with E-state index < -0.39 is 0 Å². The molecule has 0 aliphatic carbocycles. The summed E-state index contributed by atoms with van der Waals surface area (Å²) < 4.78 is 0. The van der Waals surface area contributed by atoms with Gasteiger partial charge in [0.25, 0.3) is 0 Å². The maximum absolute atomic E-state index is 4.53. The number of unbranched alkanes of at least 4 members (excludes halogenated alkanes) is 4.